The van der Waals surface area contributed by atoms with Gasteiger partial charge in [-0.15, -0.1) is 0 Å². The molecule has 8 heteroatoms. The fourth-order valence-electron chi connectivity index (χ4n) is 3.86. The van der Waals surface area contributed by atoms with Crippen LogP contribution in [0.15, 0.2) is 64.5 Å². The van der Waals surface area contributed by atoms with Crippen molar-refractivity contribution in [3.05, 3.63) is 93.2 Å². The number of hydrogen-bond donors (Lipinski definition) is 2. The Labute approximate surface area is 196 Å². The van der Waals surface area contributed by atoms with E-state index in [0.29, 0.717) is 36.8 Å². The third-order valence-electron chi connectivity index (χ3n) is 5.59. The fraction of sp³-hybridized carbons (Fsp3) is 0.320. The third kappa shape index (κ3) is 6.76. The zero-order valence-corrected chi connectivity index (χ0v) is 19.2. The number of carbonyl (C=O) groups excluding carboxylic acids is 1. The molecule has 4 rings (SSSR count). The van der Waals surface area contributed by atoms with Crippen LogP contribution in [0.1, 0.15) is 28.8 Å². The highest BCUT2D eigenvalue weighted by Gasteiger charge is 2.21. The average Bonchev–Trinajstić information content (AvgIpc) is 2.83. The van der Waals surface area contributed by atoms with E-state index in [9.17, 15) is 14.0 Å². The Morgan fingerprint density at radius 3 is 2.70 bits per heavy atom. The van der Waals surface area contributed by atoms with Gasteiger partial charge in [0.2, 0.25) is 5.91 Å². The fourth-order valence-corrected chi connectivity index (χ4v) is 4.57. The largest absolute Gasteiger partial charge is 0.355 e. The Kier molecular flexibility index (Phi) is 7.91. The van der Waals surface area contributed by atoms with Crippen LogP contribution in [0.4, 0.5) is 4.39 Å². The number of thioether (sulfide) groups is 1. The SMILES string of the molecule is O=C(CSc1nc2c(c(=O)[nH]1)CN(Cc1ccc(F)cc1)CC2)NCCCc1ccccc1. The summed E-state index contributed by atoms with van der Waals surface area (Å²) in [5, 5.41) is 3.40. The van der Waals surface area contributed by atoms with Crippen molar-refractivity contribution in [1.29, 1.82) is 0 Å². The lowest BCUT2D eigenvalue weighted by Crippen LogP contribution is -2.35. The van der Waals surface area contributed by atoms with Gasteiger partial charge in [0.1, 0.15) is 5.82 Å². The molecule has 1 amide bonds. The highest BCUT2D eigenvalue weighted by molar-refractivity contribution is 7.99. The summed E-state index contributed by atoms with van der Waals surface area (Å²) < 4.78 is 13.1. The monoisotopic (exact) mass is 466 g/mol. The summed E-state index contributed by atoms with van der Waals surface area (Å²) in [6.45, 7) is 2.54. The molecule has 2 aromatic carbocycles. The number of rotatable bonds is 9. The molecule has 6 nitrogen and oxygen atoms in total. The number of nitrogens with zero attached hydrogens (tertiary/aromatic N) is 2. The molecule has 33 heavy (non-hydrogen) atoms. The Balaban J connectivity index is 1.24. The van der Waals surface area contributed by atoms with Crippen LogP contribution in [-0.2, 0) is 30.7 Å². The van der Waals surface area contributed by atoms with Crippen molar-refractivity contribution in [1.82, 2.24) is 20.2 Å². The molecule has 0 saturated carbocycles. The molecule has 0 radical (unpaired) electrons. The van der Waals surface area contributed by atoms with Gasteiger partial charge in [0.25, 0.3) is 5.56 Å². The molecule has 0 bridgehead atoms. The summed E-state index contributed by atoms with van der Waals surface area (Å²) in [5.74, 6) is -0.114. The third-order valence-corrected chi connectivity index (χ3v) is 6.47. The maximum absolute atomic E-state index is 13.1. The Hall–Kier alpha value is -2.97. The van der Waals surface area contributed by atoms with Gasteiger partial charge in [-0.05, 0) is 36.1 Å². The van der Waals surface area contributed by atoms with E-state index in [1.165, 1.54) is 29.5 Å². The van der Waals surface area contributed by atoms with Crippen LogP contribution >= 0.6 is 11.8 Å². The van der Waals surface area contributed by atoms with Gasteiger partial charge >= 0.3 is 0 Å². The molecule has 0 unspecified atom stereocenters. The van der Waals surface area contributed by atoms with Gasteiger partial charge < -0.3 is 10.3 Å². The molecular weight excluding hydrogens is 439 g/mol. The lowest BCUT2D eigenvalue weighted by Gasteiger charge is -2.27. The molecule has 1 aliphatic heterocycles. The summed E-state index contributed by atoms with van der Waals surface area (Å²) >= 11 is 1.25. The van der Waals surface area contributed by atoms with Crippen molar-refractivity contribution in [2.24, 2.45) is 0 Å². The van der Waals surface area contributed by atoms with Crippen LogP contribution < -0.4 is 10.9 Å². The zero-order valence-electron chi connectivity index (χ0n) is 18.4. The highest BCUT2D eigenvalue weighted by Crippen LogP contribution is 2.19. The predicted molar refractivity (Wildman–Crippen MR) is 128 cm³/mol. The highest BCUT2D eigenvalue weighted by atomic mass is 32.2. The molecule has 0 aliphatic carbocycles. The first-order chi connectivity index (χ1) is 16.1. The molecule has 0 atom stereocenters. The molecule has 0 spiro atoms. The Bertz CT molecular complexity index is 1140. The minimum atomic E-state index is -0.255. The number of aromatic amines is 1. The second-order valence-corrected chi connectivity index (χ2v) is 9.08. The second-order valence-electron chi connectivity index (χ2n) is 8.11. The summed E-state index contributed by atoms with van der Waals surface area (Å²) in [4.78, 5) is 34.3. The number of benzene rings is 2. The van der Waals surface area contributed by atoms with Crippen molar-refractivity contribution in [3.8, 4) is 0 Å². The van der Waals surface area contributed by atoms with Gasteiger partial charge in [-0.3, -0.25) is 14.5 Å². The number of hydrogen-bond acceptors (Lipinski definition) is 5. The number of amides is 1. The van der Waals surface area contributed by atoms with Crippen LogP contribution in [0.5, 0.6) is 0 Å². The number of carbonyl (C=O) groups is 1. The molecule has 0 fully saturated rings. The molecular formula is C25H27FN4O2S. The number of halogens is 1. The smallest absolute Gasteiger partial charge is 0.256 e. The van der Waals surface area contributed by atoms with Crippen LogP contribution in [0.2, 0.25) is 0 Å². The van der Waals surface area contributed by atoms with E-state index in [0.717, 1.165) is 30.6 Å². The second kappa shape index (κ2) is 11.2. The molecule has 2 N–H and O–H groups in total. The Morgan fingerprint density at radius 2 is 1.91 bits per heavy atom. The van der Waals surface area contributed by atoms with E-state index in [-0.39, 0.29) is 23.0 Å². The lowest BCUT2D eigenvalue weighted by atomic mass is 10.1. The van der Waals surface area contributed by atoms with Gasteiger partial charge in [0, 0.05) is 32.6 Å². The van der Waals surface area contributed by atoms with Gasteiger partial charge in [-0.1, -0.05) is 54.2 Å². The van der Waals surface area contributed by atoms with Crippen molar-refractivity contribution >= 4 is 17.7 Å². The average molecular weight is 467 g/mol. The maximum Gasteiger partial charge on any atom is 0.256 e. The number of H-pyrrole nitrogens is 1. The first-order valence-corrected chi connectivity index (χ1v) is 12.1. The van der Waals surface area contributed by atoms with Gasteiger partial charge in [-0.25, -0.2) is 9.37 Å². The predicted octanol–water partition coefficient (Wildman–Crippen LogP) is 3.31. The van der Waals surface area contributed by atoms with E-state index in [1.807, 2.05) is 18.2 Å². The molecule has 3 aromatic rings. The van der Waals surface area contributed by atoms with E-state index in [1.54, 1.807) is 12.1 Å². The number of fused-ring (bicyclic) bond motifs is 1. The van der Waals surface area contributed by atoms with E-state index in [2.05, 4.69) is 32.3 Å². The summed E-state index contributed by atoms with van der Waals surface area (Å²) in [6.07, 6.45) is 2.47. The summed E-state index contributed by atoms with van der Waals surface area (Å²) in [7, 11) is 0. The van der Waals surface area contributed by atoms with Gasteiger partial charge in [0.15, 0.2) is 5.16 Å². The molecule has 172 valence electrons. The van der Waals surface area contributed by atoms with Crippen LogP contribution in [-0.4, -0.2) is 39.6 Å². The molecule has 1 aromatic heterocycles. The van der Waals surface area contributed by atoms with Crippen molar-refractivity contribution in [2.75, 3.05) is 18.8 Å². The zero-order chi connectivity index (χ0) is 23.0. The van der Waals surface area contributed by atoms with E-state index >= 15 is 0 Å². The Morgan fingerprint density at radius 1 is 1.12 bits per heavy atom. The maximum atomic E-state index is 13.1. The van der Waals surface area contributed by atoms with Crippen molar-refractivity contribution < 1.29 is 9.18 Å². The minimum absolute atomic E-state index is 0.0705. The van der Waals surface area contributed by atoms with Crippen LogP contribution in [0.25, 0.3) is 0 Å². The number of nitrogens with one attached hydrogen (secondary N) is 2. The van der Waals surface area contributed by atoms with E-state index < -0.39 is 0 Å². The lowest BCUT2D eigenvalue weighted by molar-refractivity contribution is -0.118. The van der Waals surface area contributed by atoms with Crippen LogP contribution in [0.3, 0.4) is 0 Å². The topological polar surface area (TPSA) is 78.1 Å². The van der Waals surface area contributed by atoms with Crippen LogP contribution in [0, 0.1) is 5.82 Å². The minimum Gasteiger partial charge on any atom is -0.355 e. The first-order valence-electron chi connectivity index (χ1n) is 11.1. The molecule has 2 heterocycles. The van der Waals surface area contributed by atoms with Crippen molar-refractivity contribution in [2.45, 2.75) is 37.5 Å². The first kappa shape index (κ1) is 23.2. The van der Waals surface area contributed by atoms with Gasteiger partial charge in [0.05, 0.1) is 17.0 Å². The quantitative estimate of drug-likeness (QED) is 0.287. The summed E-state index contributed by atoms with van der Waals surface area (Å²) in [5.41, 5.74) is 3.56. The number of aryl methyl sites for hydroxylation is 1. The van der Waals surface area contributed by atoms with E-state index in [4.69, 9.17) is 0 Å². The molecule has 0 saturated heterocycles. The van der Waals surface area contributed by atoms with Gasteiger partial charge in [-0.2, -0.15) is 0 Å². The normalized spacial score (nSPS) is 13.5. The molecule has 1 aliphatic rings. The number of aromatic nitrogens is 2. The standard InChI is InChI=1S/C25H27FN4O2S/c26-20-10-8-19(9-11-20)15-30-14-12-22-21(16-30)24(32)29-25(28-22)33-17-23(31)27-13-4-7-18-5-2-1-3-6-18/h1-3,5-6,8-11H,4,7,12-17H2,(H,27,31)(H,28,29,32). The summed E-state index contributed by atoms with van der Waals surface area (Å²) in [6, 6.07) is 16.6. The van der Waals surface area contributed by atoms with Crippen molar-refractivity contribution in [3.63, 3.8) is 0 Å².